The lowest BCUT2D eigenvalue weighted by Crippen LogP contribution is -2.36. The van der Waals surface area contributed by atoms with Crippen molar-refractivity contribution < 1.29 is 0 Å². The normalized spacial score (nSPS) is 22.7. The van der Waals surface area contributed by atoms with Crippen LogP contribution in [-0.4, -0.2) is 41.0 Å². The molecule has 1 heterocycles. The van der Waals surface area contributed by atoms with Gasteiger partial charge >= 0.3 is 0 Å². The van der Waals surface area contributed by atoms with Crippen LogP contribution in [0.1, 0.15) is 25.7 Å². The number of fused-ring (bicyclic) bond motifs is 1. The van der Waals surface area contributed by atoms with Crippen LogP contribution in [0.3, 0.4) is 0 Å². The van der Waals surface area contributed by atoms with Gasteiger partial charge in [-0.1, -0.05) is 15.9 Å². The first-order chi connectivity index (χ1) is 10.1. The Morgan fingerprint density at radius 1 is 1.19 bits per heavy atom. The van der Waals surface area contributed by atoms with Crippen molar-refractivity contribution in [3.63, 3.8) is 0 Å². The van der Waals surface area contributed by atoms with Gasteiger partial charge in [-0.05, 0) is 58.0 Å². The van der Waals surface area contributed by atoms with E-state index in [1.165, 1.54) is 25.7 Å². The summed E-state index contributed by atoms with van der Waals surface area (Å²) in [6.45, 7) is 0. The van der Waals surface area contributed by atoms with E-state index in [4.69, 9.17) is 0 Å². The highest BCUT2D eigenvalue weighted by molar-refractivity contribution is 9.10. The molecule has 112 valence electrons. The molecule has 2 aromatic rings. The number of rotatable bonds is 3. The monoisotopic (exact) mass is 348 g/mol. The fraction of sp³-hybridized carbons (Fsp3) is 0.500. The first-order valence-corrected chi connectivity index (χ1v) is 8.26. The third-order valence-corrected chi connectivity index (χ3v) is 4.80. The molecule has 4 nitrogen and oxygen atoms in total. The Morgan fingerprint density at radius 3 is 2.67 bits per heavy atom. The molecule has 0 radical (unpaired) electrons. The van der Waals surface area contributed by atoms with Gasteiger partial charge in [0.25, 0.3) is 0 Å². The van der Waals surface area contributed by atoms with Crippen molar-refractivity contribution in [1.29, 1.82) is 0 Å². The van der Waals surface area contributed by atoms with Crippen molar-refractivity contribution in [1.82, 2.24) is 14.9 Å². The summed E-state index contributed by atoms with van der Waals surface area (Å²) in [6, 6.07) is 7.30. The van der Waals surface area contributed by atoms with Crippen molar-refractivity contribution in [2.24, 2.45) is 0 Å². The Hall–Kier alpha value is -1.20. The van der Waals surface area contributed by atoms with Gasteiger partial charge in [0.15, 0.2) is 0 Å². The van der Waals surface area contributed by atoms with Gasteiger partial charge < -0.3 is 10.2 Å². The molecule has 0 spiro atoms. The van der Waals surface area contributed by atoms with Crippen LogP contribution < -0.4 is 5.32 Å². The van der Waals surface area contributed by atoms with Crippen molar-refractivity contribution in [2.45, 2.75) is 37.8 Å². The van der Waals surface area contributed by atoms with Gasteiger partial charge in [0.05, 0.1) is 5.52 Å². The maximum atomic E-state index is 4.61. The number of halogens is 1. The molecule has 5 heteroatoms. The molecule has 0 bridgehead atoms. The summed E-state index contributed by atoms with van der Waals surface area (Å²) >= 11 is 3.47. The molecule has 21 heavy (non-hydrogen) atoms. The molecule has 1 fully saturated rings. The van der Waals surface area contributed by atoms with Gasteiger partial charge in [0.1, 0.15) is 0 Å². The maximum Gasteiger partial charge on any atom is 0.223 e. The Morgan fingerprint density at radius 2 is 1.95 bits per heavy atom. The minimum Gasteiger partial charge on any atom is -0.351 e. The molecule has 1 aromatic heterocycles. The topological polar surface area (TPSA) is 41.0 Å². The van der Waals surface area contributed by atoms with E-state index in [-0.39, 0.29) is 0 Å². The number of anilines is 1. The second kappa shape index (κ2) is 6.28. The molecule has 1 saturated carbocycles. The molecule has 1 aromatic carbocycles. The zero-order chi connectivity index (χ0) is 14.8. The van der Waals surface area contributed by atoms with E-state index in [9.17, 15) is 0 Å². The summed E-state index contributed by atoms with van der Waals surface area (Å²) in [5.74, 6) is 0.748. The van der Waals surface area contributed by atoms with Crippen LogP contribution in [-0.2, 0) is 0 Å². The van der Waals surface area contributed by atoms with Gasteiger partial charge in [-0.3, -0.25) is 0 Å². The molecule has 1 aliphatic rings. The second-order valence-corrected chi connectivity index (χ2v) is 6.93. The largest absolute Gasteiger partial charge is 0.351 e. The molecular formula is C16H21BrN4. The highest BCUT2D eigenvalue weighted by Gasteiger charge is 2.22. The Labute approximate surface area is 134 Å². The highest BCUT2D eigenvalue weighted by Crippen LogP contribution is 2.24. The fourth-order valence-corrected chi connectivity index (χ4v) is 3.37. The van der Waals surface area contributed by atoms with Crippen LogP contribution in [0.15, 0.2) is 28.9 Å². The Balaban J connectivity index is 1.67. The molecule has 3 rings (SSSR count). The van der Waals surface area contributed by atoms with Gasteiger partial charge in [-0.15, -0.1) is 0 Å². The van der Waals surface area contributed by atoms with Crippen LogP contribution >= 0.6 is 15.9 Å². The Kier molecular flexibility index (Phi) is 4.40. The molecule has 1 N–H and O–H groups in total. The number of benzene rings is 1. The number of nitrogens with zero attached hydrogens (tertiary/aromatic N) is 3. The van der Waals surface area contributed by atoms with Gasteiger partial charge in [0, 0.05) is 28.1 Å². The zero-order valence-electron chi connectivity index (χ0n) is 12.5. The van der Waals surface area contributed by atoms with Crippen molar-refractivity contribution >= 4 is 32.8 Å². The molecule has 0 unspecified atom stereocenters. The smallest absolute Gasteiger partial charge is 0.223 e. The SMILES string of the molecule is CN(C)[C@H]1CC[C@H](Nc2ncc3cc(Br)ccc3n2)CC1. The van der Waals surface area contributed by atoms with Crippen molar-refractivity contribution in [3.05, 3.63) is 28.9 Å². The number of aromatic nitrogens is 2. The lowest BCUT2D eigenvalue weighted by Gasteiger charge is -2.32. The van der Waals surface area contributed by atoms with Gasteiger partial charge in [-0.2, -0.15) is 0 Å². The van der Waals surface area contributed by atoms with Crippen LogP contribution in [0, 0.1) is 0 Å². The van der Waals surface area contributed by atoms with E-state index in [0.29, 0.717) is 6.04 Å². The first kappa shape index (κ1) is 14.7. The third kappa shape index (κ3) is 3.52. The number of nitrogens with one attached hydrogen (secondary N) is 1. The zero-order valence-corrected chi connectivity index (χ0v) is 14.1. The van der Waals surface area contributed by atoms with Crippen LogP contribution in [0.2, 0.25) is 0 Å². The third-order valence-electron chi connectivity index (χ3n) is 4.30. The van der Waals surface area contributed by atoms with E-state index in [1.54, 1.807) is 0 Å². The molecule has 0 atom stereocenters. The first-order valence-electron chi connectivity index (χ1n) is 7.47. The summed E-state index contributed by atoms with van der Waals surface area (Å²) < 4.78 is 1.06. The minimum absolute atomic E-state index is 0.495. The summed E-state index contributed by atoms with van der Waals surface area (Å²) in [7, 11) is 4.34. The lowest BCUT2D eigenvalue weighted by atomic mass is 9.91. The summed E-state index contributed by atoms with van der Waals surface area (Å²) in [5.41, 5.74) is 0.984. The standard InChI is InChI=1S/C16H21BrN4/c1-21(2)14-6-4-13(5-7-14)19-16-18-10-11-9-12(17)3-8-15(11)20-16/h3,8-10,13-14H,4-7H2,1-2H3,(H,18,19,20)/t13-,14-. The molecule has 0 saturated heterocycles. The average Bonchev–Trinajstić information content (AvgIpc) is 2.48. The predicted octanol–water partition coefficient (Wildman–Crippen LogP) is 3.68. The second-order valence-electron chi connectivity index (χ2n) is 6.01. The van der Waals surface area contributed by atoms with E-state index in [1.807, 2.05) is 24.4 Å². The summed E-state index contributed by atoms with van der Waals surface area (Å²) in [5, 5.41) is 4.56. The van der Waals surface area contributed by atoms with Crippen molar-refractivity contribution in [2.75, 3.05) is 19.4 Å². The molecular weight excluding hydrogens is 328 g/mol. The van der Waals surface area contributed by atoms with Gasteiger partial charge in [0.2, 0.25) is 5.95 Å². The minimum atomic E-state index is 0.495. The number of hydrogen-bond donors (Lipinski definition) is 1. The van der Waals surface area contributed by atoms with E-state index >= 15 is 0 Å². The van der Waals surface area contributed by atoms with E-state index in [2.05, 4.69) is 50.2 Å². The fourth-order valence-electron chi connectivity index (χ4n) is 2.99. The van der Waals surface area contributed by atoms with E-state index < -0.39 is 0 Å². The van der Waals surface area contributed by atoms with Crippen LogP contribution in [0.5, 0.6) is 0 Å². The molecule has 0 amide bonds. The predicted molar refractivity (Wildman–Crippen MR) is 90.6 cm³/mol. The summed E-state index contributed by atoms with van der Waals surface area (Å²) in [6.07, 6.45) is 6.74. The van der Waals surface area contributed by atoms with Crippen molar-refractivity contribution in [3.8, 4) is 0 Å². The average molecular weight is 349 g/mol. The molecule has 0 aliphatic heterocycles. The quantitative estimate of drug-likeness (QED) is 0.918. The van der Waals surface area contributed by atoms with Gasteiger partial charge in [-0.25, -0.2) is 9.97 Å². The van der Waals surface area contributed by atoms with Crippen LogP contribution in [0.4, 0.5) is 5.95 Å². The summed E-state index contributed by atoms with van der Waals surface area (Å²) in [4.78, 5) is 11.4. The number of hydrogen-bond acceptors (Lipinski definition) is 4. The van der Waals surface area contributed by atoms with Crippen LogP contribution in [0.25, 0.3) is 10.9 Å². The lowest BCUT2D eigenvalue weighted by molar-refractivity contribution is 0.221. The Bertz CT molecular complexity index is 621. The maximum absolute atomic E-state index is 4.61. The highest BCUT2D eigenvalue weighted by atomic mass is 79.9. The molecule has 1 aliphatic carbocycles. The van der Waals surface area contributed by atoms with E-state index in [0.717, 1.165) is 27.4 Å².